The molecule has 2 aliphatic rings. The summed E-state index contributed by atoms with van der Waals surface area (Å²) in [6, 6.07) is 4.00. The first-order valence-corrected chi connectivity index (χ1v) is 8.05. The van der Waals surface area contributed by atoms with Crippen molar-refractivity contribution in [3.63, 3.8) is 0 Å². The number of amides is 1. The van der Waals surface area contributed by atoms with Gasteiger partial charge in [0.05, 0.1) is 5.92 Å². The first-order chi connectivity index (χ1) is 10.6. The quantitative estimate of drug-likeness (QED) is 0.881. The van der Waals surface area contributed by atoms with Gasteiger partial charge in [-0.3, -0.25) is 4.79 Å². The summed E-state index contributed by atoms with van der Waals surface area (Å²) in [5.41, 5.74) is -0.450. The van der Waals surface area contributed by atoms with Crippen LogP contribution in [0.15, 0.2) is 18.2 Å². The van der Waals surface area contributed by atoms with E-state index in [1.165, 1.54) is 18.2 Å². The van der Waals surface area contributed by atoms with Crippen molar-refractivity contribution in [2.75, 3.05) is 19.6 Å². The minimum absolute atomic E-state index is 0. The van der Waals surface area contributed by atoms with E-state index < -0.39 is 17.0 Å². The average Bonchev–Trinajstić information content (AvgIpc) is 3.17. The van der Waals surface area contributed by atoms with Gasteiger partial charge in [-0.2, -0.15) is 0 Å². The lowest BCUT2D eigenvalue weighted by atomic mass is 9.78. The van der Waals surface area contributed by atoms with Crippen LogP contribution in [-0.4, -0.2) is 25.5 Å². The van der Waals surface area contributed by atoms with Crippen LogP contribution in [0.2, 0.25) is 0 Å². The lowest BCUT2D eigenvalue weighted by molar-refractivity contribution is -0.124. The van der Waals surface area contributed by atoms with Crippen molar-refractivity contribution in [1.29, 1.82) is 0 Å². The van der Waals surface area contributed by atoms with Gasteiger partial charge in [0.2, 0.25) is 5.91 Å². The van der Waals surface area contributed by atoms with E-state index in [0.717, 1.165) is 25.8 Å². The fourth-order valence-corrected chi connectivity index (χ4v) is 3.85. The van der Waals surface area contributed by atoms with E-state index >= 15 is 0 Å². The van der Waals surface area contributed by atoms with E-state index in [1.54, 1.807) is 0 Å². The number of carbonyl (C=O) groups excluding carboxylic acids is 1. The standard InChI is InChI=1S/C17H22F2N2O.ClH/c18-13-4-3-5-14(19)15(13)17(7-1-2-8-17)11-21-16(22)12-6-9-20-10-12;/h3-5,12,20H,1-2,6-11H2,(H,21,22);1H. The van der Waals surface area contributed by atoms with Gasteiger partial charge in [-0.05, 0) is 37.9 Å². The zero-order chi connectivity index (χ0) is 15.6. The molecule has 0 bridgehead atoms. The van der Waals surface area contributed by atoms with Crippen LogP contribution in [0.5, 0.6) is 0 Å². The average molecular weight is 345 g/mol. The van der Waals surface area contributed by atoms with E-state index in [4.69, 9.17) is 0 Å². The predicted molar refractivity (Wildman–Crippen MR) is 87.7 cm³/mol. The van der Waals surface area contributed by atoms with Crippen molar-refractivity contribution < 1.29 is 13.6 Å². The van der Waals surface area contributed by atoms with E-state index in [1.807, 2.05) is 0 Å². The monoisotopic (exact) mass is 344 g/mol. The highest BCUT2D eigenvalue weighted by molar-refractivity contribution is 5.85. The largest absolute Gasteiger partial charge is 0.355 e. The molecular formula is C17H23ClF2N2O. The van der Waals surface area contributed by atoms with E-state index in [0.29, 0.717) is 25.9 Å². The van der Waals surface area contributed by atoms with Crippen LogP contribution in [0, 0.1) is 17.6 Å². The third-order valence-electron chi connectivity index (χ3n) is 5.09. The molecule has 2 fully saturated rings. The SMILES string of the molecule is Cl.O=C(NCC1(c2c(F)cccc2F)CCCC1)C1CCNC1. The van der Waals surface area contributed by atoms with Crippen LogP contribution in [-0.2, 0) is 10.2 Å². The lowest BCUT2D eigenvalue weighted by Crippen LogP contribution is -2.42. The summed E-state index contributed by atoms with van der Waals surface area (Å²) in [5, 5.41) is 6.11. The highest BCUT2D eigenvalue weighted by Crippen LogP contribution is 2.42. The van der Waals surface area contributed by atoms with Crippen LogP contribution in [0.4, 0.5) is 8.78 Å². The molecule has 3 rings (SSSR count). The maximum atomic E-state index is 14.2. The number of halogens is 3. The van der Waals surface area contributed by atoms with Gasteiger partial charge in [0, 0.05) is 24.1 Å². The number of benzene rings is 1. The van der Waals surface area contributed by atoms with Crippen molar-refractivity contribution in [1.82, 2.24) is 10.6 Å². The normalized spacial score (nSPS) is 22.6. The fourth-order valence-electron chi connectivity index (χ4n) is 3.85. The highest BCUT2D eigenvalue weighted by Gasteiger charge is 2.40. The Morgan fingerprint density at radius 3 is 2.48 bits per heavy atom. The molecule has 1 unspecified atom stereocenters. The number of hydrogen-bond acceptors (Lipinski definition) is 2. The summed E-state index contributed by atoms with van der Waals surface area (Å²) in [5.74, 6) is -1.03. The second kappa shape index (κ2) is 7.58. The molecule has 1 aromatic rings. The smallest absolute Gasteiger partial charge is 0.224 e. The van der Waals surface area contributed by atoms with Gasteiger partial charge in [0.15, 0.2) is 0 Å². The highest BCUT2D eigenvalue weighted by atomic mass is 35.5. The molecule has 1 heterocycles. The molecule has 0 radical (unpaired) electrons. The first kappa shape index (κ1) is 18.1. The zero-order valence-corrected chi connectivity index (χ0v) is 13.9. The molecule has 1 aromatic carbocycles. The molecule has 1 aliphatic heterocycles. The molecule has 128 valence electrons. The topological polar surface area (TPSA) is 41.1 Å². The maximum absolute atomic E-state index is 14.2. The molecule has 1 saturated carbocycles. The summed E-state index contributed by atoms with van der Waals surface area (Å²) in [7, 11) is 0. The van der Waals surface area contributed by atoms with E-state index in [-0.39, 0.29) is 29.8 Å². The van der Waals surface area contributed by atoms with Crippen LogP contribution in [0.3, 0.4) is 0 Å². The van der Waals surface area contributed by atoms with E-state index in [2.05, 4.69) is 10.6 Å². The summed E-state index contributed by atoms with van der Waals surface area (Å²) in [6.07, 6.45) is 4.14. The number of nitrogens with one attached hydrogen (secondary N) is 2. The summed E-state index contributed by atoms with van der Waals surface area (Å²) < 4.78 is 28.4. The zero-order valence-electron chi connectivity index (χ0n) is 13.0. The van der Waals surface area contributed by atoms with Gasteiger partial charge in [-0.25, -0.2) is 8.78 Å². The minimum Gasteiger partial charge on any atom is -0.355 e. The van der Waals surface area contributed by atoms with Gasteiger partial charge >= 0.3 is 0 Å². The second-order valence-corrected chi connectivity index (χ2v) is 6.49. The van der Waals surface area contributed by atoms with Gasteiger partial charge in [-0.1, -0.05) is 18.9 Å². The van der Waals surface area contributed by atoms with Crippen molar-refractivity contribution in [2.24, 2.45) is 5.92 Å². The molecule has 23 heavy (non-hydrogen) atoms. The Balaban J connectivity index is 0.00000192. The molecule has 1 aliphatic carbocycles. The fraction of sp³-hybridized carbons (Fsp3) is 0.588. The molecule has 3 nitrogen and oxygen atoms in total. The Morgan fingerprint density at radius 1 is 1.26 bits per heavy atom. The van der Waals surface area contributed by atoms with Gasteiger partial charge in [0.1, 0.15) is 11.6 Å². The number of carbonyl (C=O) groups is 1. The molecular weight excluding hydrogens is 322 g/mol. The Morgan fingerprint density at radius 2 is 1.91 bits per heavy atom. The molecule has 0 spiro atoms. The van der Waals surface area contributed by atoms with Crippen molar-refractivity contribution >= 4 is 18.3 Å². The van der Waals surface area contributed by atoms with Gasteiger partial charge < -0.3 is 10.6 Å². The molecule has 2 N–H and O–H groups in total. The molecule has 1 amide bonds. The molecule has 6 heteroatoms. The third kappa shape index (κ3) is 3.66. The van der Waals surface area contributed by atoms with Crippen molar-refractivity contribution in [3.05, 3.63) is 35.4 Å². The van der Waals surface area contributed by atoms with Crippen molar-refractivity contribution in [3.8, 4) is 0 Å². The van der Waals surface area contributed by atoms with Gasteiger partial charge in [0.25, 0.3) is 0 Å². The lowest BCUT2D eigenvalue weighted by Gasteiger charge is -2.31. The minimum atomic E-state index is -0.600. The summed E-state index contributed by atoms with van der Waals surface area (Å²) in [6.45, 7) is 1.86. The maximum Gasteiger partial charge on any atom is 0.224 e. The molecule has 1 saturated heterocycles. The Kier molecular flexibility index (Phi) is 5.98. The number of hydrogen-bond donors (Lipinski definition) is 2. The number of rotatable bonds is 4. The Bertz CT molecular complexity index is 535. The summed E-state index contributed by atoms with van der Waals surface area (Å²) in [4.78, 5) is 12.2. The second-order valence-electron chi connectivity index (χ2n) is 6.49. The summed E-state index contributed by atoms with van der Waals surface area (Å²) >= 11 is 0. The van der Waals surface area contributed by atoms with Crippen LogP contribution in [0.1, 0.15) is 37.7 Å². The molecule has 0 aromatic heterocycles. The first-order valence-electron chi connectivity index (χ1n) is 8.05. The predicted octanol–water partition coefficient (Wildman–Crippen LogP) is 2.92. The van der Waals surface area contributed by atoms with E-state index in [9.17, 15) is 13.6 Å². The van der Waals surface area contributed by atoms with Gasteiger partial charge in [-0.15, -0.1) is 12.4 Å². The molecule has 1 atom stereocenters. The van der Waals surface area contributed by atoms with Crippen molar-refractivity contribution in [2.45, 2.75) is 37.5 Å². The Labute approximate surface area is 141 Å². The van der Waals surface area contributed by atoms with Crippen LogP contribution in [0.25, 0.3) is 0 Å². The Hall–Kier alpha value is -1.20. The third-order valence-corrected chi connectivity index (χ3v) is 5.09. The van der Waals surface area contributed by atoms with Crippen LogP contribution >= 0.6 is 12.4 Å². The van der Waals surface area contributed by atoms with Crippen LogP contribution < -0.4 is 10.6 Å².